The summed E-state index contributed by atoms with van der Waals surface area (Å²) in [5.74, 6) is -1.22. The van der Waals surface area contributed by atoms with Crippen LogP contribution in [0.1, 0.15) is 43.0 Å². The van der Waals surface area contributed by atoms with Gasteiger partial charge in [-0.25, -0.2) is 4.79 Å². The van der Waals surface area contributed by atoms with E-state index in [0.29, 0.717) is 44.5 Å². The Morgan fingerprint density at radius 2 is 1.72 bits per heavy atom. The highest BCUT2D eigenvalue weighted by Gasteiger charge is 2.47. The summed E-state index contributed by atoms with van der Waals surface area (Å²) in [7, 11) is 0. The average Bonchev–Trinajstić information content (AvgIpc) is 3.04. The Morgan fingerprint density at radius 3 is 2.32 bits per heavy atom. The van der Waals surface area contributed by atoms with Crippen LogP contribution in [-0.4, -0.2) is 57.9 Å². The molecule has 3 rings (SSSR count). The second-order valence-corrected chi connectivity index (χ2v) is 7.10. The van der Waals surface area contributed by atoms with Crippen LogP contribution in [0.5, 0.6) is 0 Å². The van der Waals surface area contributed by atoms with Gasteiger partial charge in [0.25, 0.3) is 5.91 Å². The third-order valence-corrected chi connectivity index (χ3v) is 5.52. The summed E-state index contributed by atoms with van der Waals surface area (Å²) in [6.45, 7) is 3.20. The van der Waals surface area contributed by atoms with Gasteiger partial charge in [0, 0.05) is 31.1 Å². The van der Waals surface area contributed by atoms with Gasteiger partial charge in [-0.2, -0.15) is 0 Å². The smallest absolute Gasteiger partial charge is 0.329 e. The molecule has 2 aliphatic rings. The number of piperidine rings is 1. The van der Waals surface area contributed by atoms with Crippen LogP contribution >= 0.6 is 0 Å². The number of carboxylic acids is 1. The molecular weight excluding hydrogens is 320 g/mol. The first kappa shape index (κ1) is 17.5. The lowest BCUT2D eigenvalue weighted by Gasteiger charge is -2.37. The molecule has 0 aliphatic carbocycles. The first-order valence-corrected chi connectivity index (χ1v) is 8.82. The fraction of sp³-hybridized carbons (Fsp3) is 0.526. The lowest BCUT2D eigenvalue weighted by atomic mass is 9.92. The number of amides is 2. The number of carboxylic acid groups (broad SMARTS) is 1. The summed E-state index contributed by atoms with van der Waals surface area (Å²) in [6, 6.07) is 9.13. The lowest BCUT2D eigenvalue weighted by molar-refractivity contribution is -0.157. The third kappa shape index (κ3) is 3.25. The number of benzene rings is 1. The summed E-state index contributed by atoms with van der Waals surface area (Å²) >= 11 is 0. The van der Waals surface area contributed by atoms with Crippen LogP contribution in [0.3, 0.4) is 0 Å². The number of hydrogen-bond acceptors (Lipinski definition) is 3. The first-order chi connectivity index (χ1) is 11.9. The molecule has 2 amide bonds. The Balaban J connectivity index is 1.62. The van der Waals surface area contributed by atoms with Crippen molar-refractivity contribution in [1.29, 1.82) is 0 Å². The van der Waals surface area contributed by atoms with Crippen molar-refractivity contribution >= 4 is 17.8 Å². The minimum atomic E-state index is -1.09. The molecule has 2 heterocycles. The molecule has 25 heavy (non-hydrogen) atoms. The molecule has 1 unspecified atom stereocenters. The van der Waals surface area contributed by atoms with E-state index in [-0.39, 0.29) is 17.7 Å². The largest absolute Gasteiger partial charge is 0.480 e. The number of aliphatic carboxylic acids is 1. The molecule has 1 N–H and O–H groups in total. The van der Waals surface area contributed by atoms with Gasteiger partial charge in [-0.15, -0.1) is 0 Å². The molecule has 6 heteroatoms. The van der Waals surface area contributed by atoms with Crippen molar-refractivity contribution in [3.8, 4) is 0 Å². The second-order valence-electron chi connectivity index (χ2n) is 7.10. The Kier molecular flexibility index (Phi) is 4.79. The maximum atomic E-state index is 12.8. The predicted octanol–water partition coefficient (Wildman–Crippen LogP) is 2.00. The minimum Gasteiger partial charge on any atom is -0.480 e. The number of likely N-dealkylation sites (tertiary alicyclic amines) is 2. The molecule has 134 valence electrons. The quantitative estimate of drug-likeness (QED) is 0.910. The molecule has 0 radical (unpaired) electrons. The molecule has 6 nitrogen and oxygen atoms in total. The maximum absolute atomic E-state index is 12.8. The average molecular weight is 344 g/mol. The van der Waals surface area contributed by atoms with E-state index < -0.39 is 11.5 Å². The van der Waals surface area contributed by atoms with Crippen molar-refractivity contribution in [2.75, 3.05) is 19.6 Å². The zero-order valence-corrected chi connectivity index (χ0v) is 14.5. The Morgan fingerprint density at radius 1 is 1.08 bits per heavy atom. The van der Waals surface area contributed by atoms with E-state index in [1.807, 2.05) is 18.2 Å². The van der Waals surface area contributed by atoms with Gasteiger partial charge < -0.3 is 14.9 Å². The molecule has 0 saturated carbocycles. The van der Waals surface area contributed by atoms with Crippen molar-refractivity contribution in [1.82, 2.24) is 9.80 Å². The van der Waals surface area contributed by atoms with Crippen molar-refractivity contribution in [3.63, 3.8) is 0 Å². The zero-order chi connectivity index (χ0) is 18.0. The van der Waals surface area contributed by atoms with Crippen molar-refractivity contribution in [2.24, 2.45) is 5.92 Å². The fourth-order valence-corrected chi connectivity index (χ4v) is 3.85. The van der Waals surface area contributed by atoms with Gasteiger partial charge in [0.05, 0.1) is 0 Å². The third-order valence-electron chi connectivity index (χ3n) is 5.52. The van der Waals surface area contributed by atoms with E-state index in [4.69, 9.17) is 0 Å². The van der Waals surface area contributed by atoms with E-state index in [2.05, 4.69) is 0 Å². The minimum absolute atomic E-state index is 0.0111. The summed E-state index contributed by atoms with van der Waals surface area (Å²) < 4.78 is 0. The molecule has 2 aliphatic heterocycles. The van der Waals surface area contributed by atoms with E-state index in [9.17, 15) is 19.5 Å². The van der Waals surface area contributed by atoms with Crippen LogP contribution in [-0.2, 0) is 9.59 Å². The Labute approximate surface area is 147 Å². The van der Waals surface area contributed by atoms with Crippen LogP contribution in [0.4, 0.5) is 0 Å². The highest BCUT2D eigenvalue weighted by atomic mass is 16.4. The molecular formula is C19H24N2O4. The molecule has 2 fully saturated rings. The molecule has 0 bridgehead atoms. The number of rotatable bonds is 3. The number of carbonyl (C=O) groups is 3. The molecule has 2 saturated heterocycles. The van der Waals surface area contributed by atoms with Crippen molar-refractivity contribution < 1.29 is 19.5 Å². The van der Waals surface area contributed by atoms with Gasteiger partial charge in [-0.05, 0) is 44.7 Å². The van der Waals surface area contributed by atoms with Gasteiger partial charge in [-0.1, -0.05) is 18.2 Å². The van der Waals surface area contributed by atoms with E-state index in [1.54, 1.807) is 24.0 Å². The second kappa shape index (κ2) is 6.86. The van der Waals surface area contributed by atoms with Crippen LogP contribution in [0.25, 0.3) is 0 Å². The summed E-state index contributed by atoms with van der Waals surface area (Å²) in [4.78, 5) is 40.2. The molecule has 1 aromatic rings. The van der Waals surface area contributed by atoms with Crippen LogP contribution in [0, 0.1) is 5.92 Å². The summed E-state index contributed by atoms with van der Waals surface area (Å²) in [6.07, 6.45) is 2.40. The number of carbonyl (C=O) groups excluding carboxylic acids is 2. The zero-order valence-electron chi connectivity index (χ0n) is 14.5. The maximum Gasteiger partial charge on any atom is 0.329 e. The first-order valence-electron chi connectivity index (χ1n) is 8.82. The van der Waals surface area contributed by atoms with E-state index in [0.717, 1.165) is 6.42 Å². The van der Waals surface area contributed by atoms with Crippen LogP contribution in [0.15, 0.2) is 30.3 Å². The summed E-state index contributed by atoms with van der Waals surface area (Å²) in [5, 5.41) is 9.48. The standard InChI is InChI=1S/C19H24N2O4/c1-19(18(24)25)10-5-11-21(19)17(23)15-8-12-20(13-9-15)16(22)14-6-3-2-4-7-14/h2-4,6-7,15H,5,8-13H2,1H3,(H,24,25). The summed E-state index contributed by atoms with van der Waals surface area (Å²) in [5.41, 5.74) is -0.432. The lowest BCUT2D eigenvalue weighted by Crippen LogP contribution is -2.54. The van der Waals surface area contributed by atoms with Crippen LogP contribution < -0.4 is 0 Å². The normalized spacial score (nSPS) is 24.4. The SMILES string of the molecule is CC1(C(=O)O)CCCN1C(=O)C1CCN(C(=O)c2ccccc2)CC1. The molecule has 0 spiro atoms. The fourth-order valence-electron chi connectivity index (χ4n) is 3.85. The molecule has 0 aromatic heterocycles. The van der Waals surface area contributed by atoms with Crippen LogP contribution in [0.2, 0.25) is 0 Å². The van der Waals surface area contributed by atoms with Crippen molar-refractivity contribution in [2.45, 2.75) is 38.1 Å². The predicted molar refractivity (Wildman–Crippen MR) is 92.1 cm³/mol. The van der Waals surface area contributed by atoms with Gasteiger partial charge in [0.15, 0.2) is 0 Å². The van der Waals surface area contributed by atoms with Gasteiger partial charge in [0.1, 0.15) is 5.54 Å². The van der Waals surface area contributed by atoms with Gasteiger partial charge in [0.2, 0.25) is 5.91 Å². The number of hydrogen-bond donors (Lipinski definition) is 1. The molecule has 1 aromatic carbocycles. The van der Waals surface area contributed by atoms with E-state index >= 15 is 0 Å². The highest BCUT2D eigenvalue weighted by molar-refractivity contribution is 5.94. The van der Waals surface area contributed by atoms with Gasteiger partial charge in [-0.3, -0.25) is 9.59 Å². The number of nitrogens with zero attached hydrogens (tertiary/aromatic N) is 2. The Hall–Kier alpha value is -2.37. The highest BCUT2D eigenvalue weighted by Crippen LogP contribution is 2.33. The van der Waals surface area contributed by atoms with E-state index in [1.165, 1.54) is 4.90 Å². The van der Waals surface area contributed by atoms with Gasteiger partial charge >= 0.3 is 5.97 Å². The Bertz CT molecular complexity index is 667. The topological polar surface area (TPSA) is 77.9 Å². The molecule has 1 atom stereocenters. The monoisotopic (exact) mass is 344 g/mol. The van der Waals surface area contributed by atoms with Crippen molar-refractivity contribution in [3.05, 3.63) is 35.9 Å².